The predicted molar refractivity (Wildman–Crippen MR) is 127 cm³/mol. The van der Waals surface area contributed by atoms with E-state index in [4.69, 9.17) is 23.8 Å². The molecule has 1 aromatic carbocycles. The molecular formula is C25H32N2O11. The van der Waals surface area contributed by atoms with Crippen LogP contribution in [0.2, 0.25) is 0 Å². The predicted octanol–water partition coefficient (Wildman–Crippen LogP) is 0.709. The molecule has 0 bridgehead atoms. The molecule has 38 heavy (non-hydrogen) atoms. The summed E-state index contributed by atoms with van der Waals surface area (Å²) in [6.07, 6.45) is -0.353. The van der Waals surface area contributed by atoms with Crippen molar-refractivity contribution in [2.75, 3.05) is 60.0 Å². The Kier molecular flexibility index (Phi) is 11.8. The van der Waals surface area contributed by atoms with E-state index < -0.39 is 29.9 Å². The zero-order chi connectivity index (χ0) is 27.3. The van der Waals surface area contributed by atoms with Gasteiger partial charge in [0.1, 0.15) is 0 Å². The van der Waals surface area contributed by atoms with Gasteiger partial charge in [0.25, 0.3) is 11.8 Å². The summed E-state index contributed by atoms with van der Waals surface area (Å²) < 4.78 is 26.2. The average molecular weight is 537 g/mol. The van der Waals surface area contributed by atoms with E-state index in [2.05, 4.69) is 4.74 Å². The molecule has 2 heterocycles. The lowest BCUT2D eigenvalue weighted by atomic mass is 10.1. The van der Waals surface area contributed by atoms with Crippen molar-refractivity contribution in [1.29, 1.82) is 0 Å². The van der Waals surface area contributed by atoms with Crippen molar-refractivity contribution in [3.05, 3.63) is 35.4 Å². The van der Waals surface area contributed by atoms with Crippen molar-refractivity contribution in [3.63, 3.8) is 0 Å². The van der Waals surface area contributed by atoms with Crippen molar-refractivity contribution in [3.8, 4) is 0 Å². The van der Waals surface area contributed by atoms with Crippen LogP contribution in [0.4, 0.5) is 0 Å². The summed E-state index contributed by atoms with van der Waals surface area (Å²) in [6.45, 7) is 1.93. The van der Waals surface area contributed by atoms with Gasteiger partial charge in [-0.3, -0.25) is 28.9 Å². The maximum atomic E-state index is 12.6. The number of hydrogen-bond acceptors (Lipinski definition) is 11. The van der Waals surface area contributed by atoms with E-state index in [9.17, 15) is 24.0 Å². The maximum Gasteiger partial charge on any atom is 0.305 e. The molecule has 1 fully saturated rings. The third-order valence-corrected chi connectivity index (χ3v) is 5.64. The fourth-order valence-electron chi connectivity index (χ4n) is 3.72. The highest BCUT2D eigenvalue weighted by Gasteiger charge is 2.42. The highest BCUT2D eigenvalue weighted by Crippen LogP contribution is 2.25. The highest BCUT2D eigenvalue weighted by molar-refractivity contribution is 6.20. The molecule has 13 heteroatoms. The summed E-state index contributed by atoms with van der Waals surface area (Å²) in [7, 11) is 1.34. The molecule has 0 aliphatic carbocycles. The first kappa shape index (κ1) is 29.3. The fourth-order valence-corrected chi connectivity index (χ4v) is 3.72. The first-order valence-corrected chi connectivity index (χ1v) is 12.3. The molecular weight excluding hydrogens is 504 g/mol. The van der Waals surface area contributed by atoms with Crippen molar-refractivity contribution < 1.29 is 52.5 Å². The topological polar surface area (TPSA) is 147 Å². The summed E-state index contributed by atoms with van der Waals surface area (Å²) in [5.74, 6) is -2.56. The van der Waals surface area contributed by atoms with Crippen LogP contribution in [-0.2, 0) is 42.9 Å². The van der Waals surface area contributed by atoms with Gasteiger partial charge in [-0.25, -0.2) is 4.84 Å². The van der Waals surface area contributed by atoms with E-state index in [1.165, 1.54) is 19.2 Å². The Morgan fingerprint density at radius 1 is 0.789 bits per heavy atom. The number of esters is 1. The molecule has 1 atom stereocenters. The normalized spacial score (nSPS) is 15.9. The number of likely N-dealkylation sites (tertiary alicyclic amines) is 1. The number of methoxy groups -OCH3 is 1. The van der Waals surface area contributed by atoms with Gasteiger partial charge in [-0.1, -0.05) is 12.1 Å². The lowest BCUT2D eigenvalue weighted by molar-refractivity contribution is -0.204. The lowest BCUT2D eigenvalue weighted by Gasteiger charge is -2.28. The zero-order valence-corrected chi connectivity index (χ0v) is 21.3. The minimum absolute atomic E-state index is 0.0163. The first-order valence-electron chi connectivity index (χ1n) is 12.3. The van der Waals surface area contributed by atoms with E-state index in [0.717, 1.165) is 4.90 Å². The molecule has 1 saturated heterocycles. The average Bonchev–Trinajstić information content (AvgIpc) is 3.38. The molecule has 208 valence electrons. The third-order valence-electron chi connectivity index (χ3n) is 5.64. The van der Waals surface area contributed by atoms with Gasteiger partial charge in [-0.05, 0) is 18.6 Å². The number of hydrogen-bond donors (Lipinski definition) is 0. The van der Waals surface area contributed by atoms with Gasteiger partial charge in [0, 0.05) is 25.9 Å². The lowest BCUT2D eigenvalue weighted by Crippen LogP contribution is -2.49. The summed E-state index contributed by atoms with van der Waals surface area (Å²) in [5, 5.41) is 0.564. The maximum absolute atomic E-state index is 12.6. The summed E-state index contributed by atoms with van der Waals surface area (Å²) in [5.41, 5.74) is 0.356. The number of imide groups is 2. The number of rotatable bonds is 18. The van der Waals surface area contributed by atoms with Crippen LogP contribution in [0, 0.1) is 0 Å². The first-order chi connectivity index (χ1) is 18.4. The number of ether oxygens (including phenoxy) is 5. The molecule has 4 amide bonds. The van der Waals surface area contributed by atoms with Crippen LogP contribution in [-0.4, -0.2) is 106 Å². The monoisotopic (exact) mass is 536 g/mol. The molecule has 2 aliphatic rings. The van der Waals surface area contributed by atoms with Gasteiger partial charge in [0.05, 0.1) is 64.5 Å². The van der Waals surface area contributed by atoms with Gasteiger partial charge in [0.2, 0.25) is 11.8 Å². The minimum Gasteiger partial charge on any atom is -0.469 e. The van der Waals surface area contributed by atoms with Crippen LogP contribution < -0.4 is 0 Å². The quantitative estimate of drug-likeness (QED) is 0.148. The van der Waals surface area contributed by atoms with E-state index in [1.54, 1.807) is 12.1 Å². The van der Waals surface area contributed by atoms with E-state index >= 15 is 0 Å². The van der Waals surface area contributed by atoms with Crippen molar-refractivity contribution in [1.82, 2.24) is 9.96 Å². The van der Waals surface area contributed by atoms with Crippen LogP contribution in [0.1, 0.15) is 46.4 Å². The van der Waals surface area contributed by atoms with Gasteiger partial charge in [0.15, 0.2) is 6.23 Å². The van der Waals surface area contributed by atoms with Crippen LogP contribution in [0.25, 0.3) is 0 Å². The molecule has 0 N–H and O–H groups in total. The summed E-state index contributed by atoms with van der Waals surface area (Å²) >= 11 is 0. The van der Waals surface area contributed by atoms with Crippen LogP contribution in [0.5, 0.6) is 0 Å². The SMILES string of the molecule is COC(=O)CCCOCCOCCOCCOCC(ON1C(=O)c2ccccc2C1=O)N1C(=O)CCC1=O. The second-order valence-corrected chi connectivity index (χ2v) is 8.26. The van der Waals surface area contributed by atoms with Gasteiger partial charge in [-0.2, -0.15) is 0 Å². The standard InChI is InChI=1S/C25H32N2O11/c1-33-23(30)7-4-10-34-11-12-35-13-14-36-15-16-37-17-22(26-20(28)8-9-21(26)29)38-27-24(31)18-5-2-3-6-19(18)25(27)32/h2-3,5-6,22H,4,7-17H2,1H3. The fraction of sp³-hybridized carbons (Fsp3) is 0.560. The van der Waals surface area contributed by atoms with Gasteiger partial charge in [-0.15, -0.1) is 5.06 Å². The van der Waals surface area contributed by atoms with Crippen molar-refractivity contribution in [2.24, 2.45) is 0 Å². The molecule has 2 aliphatic heterocycles. The number of benzene rings is 1. The summed E-state index contributed by atoms with van der Waals surface area (Å²) in [4.78, 5) is 67.2. The molecule has 3 rings (SSSR count). The van der Waals surface area contributed by atoms with Crippen LogP contribution in [0.3, 0.4) is 0 Å². The Hall–Kier alpha value is -3.23. The van der Waals surface area contributed by atoms with Crippen LogP contribution >= 0.6 is 0 Å². The molecule has 0 aromatic heterocycles. The number of carbonyl (C=O) groups excluding carboxylic acids is 5. The largest absolute Gasteiger partial charge is 0.469 e. The van der Waals surface area contributed by atoms with Crippen LogP contribution in [0.15, 0.2) is 24.3 Å². The smallest absolute Gasteiger partial charge is 0.305 e. The Balaban J connectivity index is 1.33. The molecule has 0 saturated carbocycles. The Morgan fingerprint density at radius 2 is 1.29 bits per heavy atom. The zero-order valence-electron chi connectivity index (χ0n) is 21.3. The number of hydroxylamine groups is 2. The molecule has 0 spiro atoms. The second kappa shape index (κ2) is 15.2. The van der Waals surface area contributed by atoms with E-state index in [0.29, 0.717) is 50.9 Å². The number of nitrogens with zero attached hydrogens (tertiary/aromatic N) is 2. The summed E-state index contributed by atoms with van der Waals surface area (Å²) in [6, 6.07) is 6.24. The third kappa shape index (κ3) is 8.13. The highest BCUT2D eigenvalue weighted by atomic mass is 16.7. The van der Waals surface area contributed by atoms with Crippen molar-refractivity contribution in [2.45, 2.75) is 31.9 Å². The second-order valence-electron chi connectivity index (χ2n) is 8.26. The Labute approximate surface area is 219 Å². The molecule has 13 nitrogen and oxygen atoms in total. The Morgan fingerprint density at radius 3 is 1.82 bits per heavy atom. The van der Waals surface area contributed by atoms with Crippen molar-refractivity contribution >= 4 is 29.6 Å². The van der Waals surface area contributed by atoms with E-state index in [-0.39, 0.29) is 49.8 Å². The van der Waals surface area contributed by atoms with Gasteiger partial charge < -0.3 is 23.7 Å². The number of amides is 4. The van der Waals surface area contributed by atoms with E-state index in [1.807, 2.05) is 0 Å². The minimum atomic E-state index is -1.28. The molecule has 1 unspecified atom stereocenters. The van der Waals surface area contributed by atoms with Gasteiger partial charge >= 0.3 is 5.97 Å². The molecule has 1 aromatic rings. The number of fused-ring (bicyclic) bond motifs is 1. The number of carbonyl (C=O) groups is 5. The Bertz CT molecular complexity index is 948. The molecule has 0 radical (unpaired) electrons.